The van der Waals surface area contributed by atoms with Crippen molar-refractivity contribution >= 4 is 41.4 Å². The van der Waals surface area contributed by atoms with Crippen LogP contribution in [-0.4, -0.2) is 77.4 Å². The highest BCUT2D eigenvalue weighted by atomic mass is 32.2. The number of aliphatic carboxylic acids is 1. The molecule has 0 spiro atoms. The number of rotatable bonds is 18. The normalized spacial score (nSPS) is 14.0. The van der Waals surface area contributed by atoms with Gasteiger partial charge in [0.05, 0.1) is 12.5 Å². The van der Waals surface area contributed by atoms with E-state index in [0.717, 1.165) is 5.56 Å². The van der Waals surface area contributed by atoms with Gasteiger partial charge >= 0.3 is 5.97 Å². The Labute approximate surface area is 220 Å². The van der Waals surface area contributed by atoms with Crippen LogP contribution in [0.5, 0.6) is 0 Å². The smallest absolute Gasteiger partial charge is 0.326 e. The third kappa shape index (κ3) is 12.6. The first-order valence-electron chi connectivity index (χ1n) is 12.0. The predicted octanol–water partition coefficient (Wildman–Crippen LogP) is -1.15. The minimum Gasteiger partial charge on any atom is -0.480 e. The summed E-state index contributed by atoms with van der Waals surface area (Å²) in [6.45, 7) is 0.469. The Morgan fingerprint density at radius 2 is 1.49 bits per heavy atom. The Balaban J connectivity index is 3.05. The number of hydrogen-bond acceptors (Lipinski definition) is 8. The summed E-state index contributed by atoms with van der Waals surface area (Å²) < 4.78 is 0. The number of benzene rings is 1. The Hall–Kier alpha value is -3.16. The van der Waals surface area contributed by atoms with E-state index in [1.54, 1.807) is 36.6 Å². The van der Waals surface area contributed by atoms with E-state index in [1.165, 1.54) is 11.8 Å². The van der Waals surface area contributed by atoms with Crippen LogP contribution in [0.3, 0.4) is 0 Å². The summed E-state index contributed by atoms with van der Waals surface area (Å²) in [7, 11) is 0. The second-order valence-electron chi connectivity index (χ2n) is 8.55. The number of carboxylic acid groups (broad SMARTS) is 1. The van der Waals surface area contributed by atoms with Crippen molar-refractivity contribution in [2.45, 2.75) is 62.7 Å². The Morgan fingerprint density at radius 1 is 0.892 bits per heavy atom. The minimum atomic E-state index is -1.44. The molecule has 0 saturated heterocycles. The molecule has 4 amide bonds. The molecule has 0 fully saturated rings. The number of primary amides is 1. The van der Waals surface area contributed by atoms with E-state index in [-0.39, 0.29) is 12.8 Å². The molecule has 37 heavy (non-hydrogen) atoms. The molecular weight excluding hydrogens is 500 g/mol. The number of carbonyl (C=O) groups is 5. The number of thioether (sulfide) groups is 1. The fourth-order valence-corrected chi connectivity index (χ4v) is 3.90. The Morgan fingerprint density at radius 3 is 2.05 bits per heavy atom. The Bertz CT molecular complexity index is 903. The van der Waals surface area contributed by atoms with Crippen molar-refractivity contribution in [1.29, 1.82) is 0 Å². The highest BCUT2D eigenvalue weighted by Gasteiger charge is 2.31. The topological polar surface area (TPSA) is 220 Å². The van der Waals surface area contributed by atoms with E-state index < -0.39 is 60.2 Å². The molecule has 0 bridgehead atoms. The van der Waals surface area contributed by atoms with E-state index >= 15 is 0 Å². The summed E-state index contributed by atoms with van der Waals surface area (Å²) in [5, 5.41) is 16.8. The van der Waals surface area contributed by atoms with E-state index in [4.69, 9.17) is 17.2 Å². The number of unbranched alkanes of at least 4 members (excludes halogenated alkanes) is 1. The van der Waals surface area contributed by atoms with Crippen LogP contribution in [0.1, 0.15) is 37.7 Å². The first kappa shape index (κ1) is 31.9. The van der Waals surface area contributed by atoms with E-state index in [0.29, 0.717) is 31.6 Å². The zero-order valence-corrected chi connectivity index (χ0v) is 21.8. The van der Waals surface area contributed by atoms with Gasteiger partial charge in [-0.2, -0.15) is 11.8 Å². The van der Waals surface area contributed by atoms with Gasteiger partial charge in [-0.3, -0.25) is 19.2 Å². The quantitative estimate of drug-likeness (QED) is 0.112. The second-order valence-corrected chi connectivity index (χ2v) is 9.54. The fourth-order valence-electron chi connectivity index (χ4n) is 3.43. The highest BCUT2D eigenvalue weighted by Crippen LogP contribution is 2.07. The van der Waals surface area contributed by atoms with Crippen molar-refractivity contribution in [2.75, 3.05) is 18.6 Å². The molecule has 1 rings (SSSR count). The largest absolute Gasteiger partial charge is 0.480 e. The number of nitrogens with one attached hydrogen (secondary N) is 3. The van der Waals surface area contributed by atoms with E-state index in [1.807, 2.05) is 0 Å². The van der Waals surface area contributed by atoms with Gasteiger partial charge in [0.15, 0.2) is 0 Å². The van der Waals surface area contributed by atoms with Gasteiger partial charge in [0, 0.05) is 6.42 Å². The van der Waals surface area contributed by atoms with Crippen LogP contribution in [0.25, 0.3) is 0 Å². The van der Waals surface area contributed by atoms with Crippen molar-refractivity contribution in [3.05, 3.63) is 35.9 Å². The maximum atomic E-state index is 13.2. The van der Waals surface area contributed by atoms with Gasteiger partial charge in [0.25, 0.3) is 0 Å². The van der Waals surface area contributed by atoms with Gasteiger partial charge in [-0.15, -0.1) is 0 Å². The first-order chi connectivity index (χ1) is 17.6. The van der Waals surface area contributed by atoms with Gasteiger partial charge in [-0.25, -0.2) is 4.79 Å². The Kier molecular flexibility index (Phi) is 14.9. The average molecular weight is 539 g/mol. The summed E-state index contributed by atoms with van der Waals surface area (Å²) >= 11 is 1.41. The highest BCUT2D eigenvalue weighted by molar-refractivity contribution is 7.98. The second kappa shape index (κ2) is 17.3. The number of carbonyl (C=O) groups excluding carboxylic acids is 4. The van der Waals surface area contributed by atoms with Crippen molar-refractivity contribution < 1.29 is 29.1 Å². The summed E-state index contributed by atoms with van der Waals surface area (Å²) in [5.74, 6) is -3.81. The van der Waals surface area contributed by atoms with Crippen LogP contribution in [0.15, 0.2) is 30.3 Å². The number of hydrogen-bond donors (Lipinski definition) is 7. The lowest BCUT2D eigenvalue weighted by molar-refractivity contribution is -0.142. The summed E-state index contributed by atoms with van der Waals surface area (Å²) in [6.07, 6.45) is 3.19. The SMILES string of the molecule is CSCCC(NC(=O)C(CC(N)=O)NC(=O)C(Cc1ccccc1)NC(=O)C(N)CCCCN)C(=O)O. The molecule has 0 heterocycles. The molecule has 12 nitrogen and oxygen atoms in total. The maximum Gasteiger partial charge on any atom is 0.326 e. The molecule has 0 saturated carbocycles. The van der Waals surface area contributed by atoms with Crippen LogP contribution >= 0.6 is 11.8 Å². The lowest BCUT2D eigenvalue weighted by atomic mass is 10.0. The molecule has 10 N–H and O–H groups in total. The van der Waals surface area contributed by atoms with Gasteiger partial charge in [0.1, 0.15) is 18.1 Å². The molecule has 0 aliphatic rings. The van der Waals surface area contributed by atoms with Gasteiger partial charge in [-0.1, -0.05) is 36.8 Å². The van der Waals surface area contributed by atoms with Gasteiger partial charge in [-0.05, 0) is 43.4 Å². The standard InChI is InChI=1S/C24H38N6O6S/c1-37-12-10-17(24(35)36)28-23(34)19(14-20(27)31)30-22(33)18(13-15-7-3-2-4-8-15)29-21(32)16(26)9-5-6-11-25/h2-4,7-8,16-19H,5-6,9-14,25-26H2,1H3,(H2,27,31)(H,28,34)(H,29,32)(H,30,33)(H,35,36). The molecule has 0 aliphatic carbocycles. The fraction of sp³-hybridized carbons (Fsp3) is 0.542. The van der Waals surface area contributed by atoms with Crippen LogP contribution in [-0.2, 0) is 30.4 Å². The molecule has 206 valence electrons. The molecule has 13 heteroatoms. The first-order valence-corrected chi connectivity index (χ1v) is 13.4. The molecule has 0 aliphatic heterocycles. The van der Waals surface area contributed by atoms with E-state index in [2.05, 4.69) is 16.0 Å². The monoisotopic (exact) mass is 538 g/mol. The van der Waals surface area contributed by atoms with Crippen molar-refractivity contribution in [2.24, 2.45) is 17.2 Å². The average Bonchev–Trinajstić information content (AvgIpc) is 2.85. The third-order valence-corrected chi connectivity index (χ3v) is 6.13. The summed E-state index contributed by atoms with van der Waals surface area (Å²) in [5.41, 5.74) is 17.5. The molecule has 0 radical (unpaired) electrons. The zero-order valence-electron chi connectivity index (χ0n) is 21.0. The van der Waals surface area contributed by atoms with E-state index in [9.17, 15) is 29.1 Å². The van der Waals surface area contributed by atoms with Crippen LogP contribution in [0.2, 0.25) is 0 Å². The summed E-state index contributed by atoms with van der Waals surface area (Å²) in [4.78, 5) is 61.9. The van der Waals surface area contributed by atoms with Crippen molar-refractivity contribution in [1.82, 2.24) is 16.0 Å². The molecule has 0 aromatic heterocycles. The molecule has 4 atom stereocenters. The molecule has 4 unspecified atom stereocenters. The predicted molar refractivity (Wildman–Crippen MR) is 141 cm³/mol. The lowest BCUT2D eigenvalue weighted by Gasteiger charge is -2.25. The maximum absolute atomic E-state index is 13.2. The van der Waals surface area contributed by atoms with Crippen molar-refractivity contribution in [3.8, 4) is 0 Å². The minimum absolute atomic E-state index is 0.0876. The third-order valence-electron chi connectivity index (χ3n) is 5.49. The van der Waals surface area contributed by atoms with Crippen LogP contribution in [0, 0.1) is 0 Å². The number of nitrogens with two attached hydrogens (primary N) is 3. The van der Waals surface area contributed by atoms with Crippen LogP contribution in [0.4, 0.5) is 0 Å². The summed E-state index contributed by atoms with van der Waals surface area (Å²) in [6, 6.07) is 4.25. The van der Waals surface area contributed by atoms with Crippen molar-refractivity contribution in [3.63, 3.8) is 0 Å². The number of amides is 4. The van der Waals surface area contributed by atoms with Gasteiger partial charge < -0.3 is 38.3 Å². The molecular formula is C24H38N6O6S. The van der Waals surface area contributed by atoms with Gasteiger partial charge in [0.2, 0.25) is 23.6 Å². The molecule has 1 aromatic carbocycles. The molecule has 1 aromatic rings. The number of carboxylic acids is 1. The zero-order chi connectivity index (χ0) is 27.8. The van der Waals surface area contributed by atoms with Crippen LogP contribution < -0.4 is 33.2 Å². The lowest BCUT2D eigenvalue weighted by Crippen LogP contribution is -2.58.